The summed E-state index contributed by atoms with van der Waals surface area (Å²) >= 11 is 1.49. The monoisotopic (exact) mass is 317 g/mol. The van der Waals surface area contributed by atoms with Gasteiger partial charge in [-0.05, 0) is 31.2 Å². The van der Waals surface area contributed by atoms with Gasteiger partial charge in [0.1, 0.15) is 17.6 Å². The molecule has 1 aliphatic rings. The standard InChI is InChI=1S/C16H19N3O2S/c1-3-8-19(11(2)20)10-15(21)18-16-13(9-17)12-6-4-5-7-14(12)22-16/h3H,1,4-8,10H2,2H3,(H,18,21). The van der Waals surface area contributed by atoms with Crippen LogP contribution in [0.2, 0.25) is 0 Å². The number of amides is 2. The molecule has 0 saturated heterocycles. The zero-order valence-electron chi connectivity index (χ0n) is 12.6. The van der Waals surface area contributed by atoms with Crippen molar-refractivity contribution in [2.24, 2.45) is 0 Å². The van der Waals surface area contributed by atoms with Gasteiger partial charge in [0.15, 0.2) is 0 Å². The van der Waals surface area contributed by atoms with Crippen molar-refractivity contribution in [2.45, 2.75) is 32.6 Å². The second kappa shape index (κ2) is 7.23. The zero-order chi connectivity index (χ0) is 16.1. The van der Waals surface area contributed by atoms with Gasteiger partial charge in [0, 0.05) is 18.3 Å². The first-order valence-corrected chi connectivity index (χ1v) is 8.09. The molecule has 1 heterocycles. The van der Waals surface area contributed by atoms with Crippen LogP contribution in [0.5, 0.6) is 0 Å². The summed E-state index contributed by atoms with van der Waals surface area (Å²) in [6.07, 6.45) is 5.67. The second-order valence-corrected chi connectivity index (χ2v) is 6.37. The Morgan fingerprint density at radius 2 is 2.18 bits per heavy atom. The van der Waals surface area contributed by atoms with E-state index < -0.39 is 0 Å². The van der Waals surface area contributed by atoms with Gasteiger partial charge in [-0.3, -0.25) is 9.59 Å². The highest BCUT2D eigenvalue weighted by Crippen LogP contribution is 2.37. The summed E-state index contributed by atoms with van der Waals surface area (Å²) in [5.41, 5.74) is 1.68. The number of nitrogens with one attached hydrogen (secondary N) is 1. The van der Waals surface area contributed by atoms with Crippen LogP contribution < -0.4 is 5.32 Å². The SMILES string of the molecule is C=CCN(CC(=O)Nc1sc2c(c1C#N)CCCC2)C(C)=O. The van der Waals surface area contributed by atoms with Gasteiger partial charge in [-0.15, -0.1) is 17.9 Å². The summed E-state index contributed by atoms with van der Waals surface area (Å²) < 4.78 is 0. The summed E-state index contributed by atoms with van der Waals surface area (Å²) in [6, 6.07) is 2.21. The maximum atomic E-state index is 12.1. The third kappa shape index (κ3) is 3.55. The lowest BCUT2D eigenvalue weighted by molar-refractivity contribution is -0.132. The van der Waals surface area contributed by atoms with E-state index in [1.807, 2.05) is 0 Å². The largest absolute Gasteiger partial charge is 0.330 e. The Hall–Kier alpha value is -2.13. The molecule has 0 saturated carbocycles. The van der Waals surface area contributed by atoms with Crippen molar-refractivity contribution < 1.29 is 9.59 Å². The van der Waals surface area contributed by atoms with Gasteiger partial charge < -0.3 is 10.2 Å². The molecule has 0 radical (unpaired) electrons. The van der Waals surface area contributed by atoms with Crippen LogP contribution in [0, 0.1) is 11.3 Å². The van der Waals surface area contributed by atoms with E-state index in [-0.39, 0.29) is 18.4 Å². The first kappa shape index (κ1) is 16.2. The van der Waals surface area contributed by atoms with Crippen molar-refractivity contribution in [1.29, 1.82) is 5.26 Å². The molecule has 1 aliphatic carbocycles. The van der Waals surface area contributed by atoms with Gasteiger partial charge in [0.05, 0.1) is 5.56 Å². The molecule has 2 amide bonds. The topological polar surface area (TPSA) is 73.2 Å². The molecule has 1 N–H and O–H groups in total. The van der Waals surface area contributed by atoms with Gasteiger partial charge in [0.25, 0.3) is 0 Å². The number of anilines is 1. The Kier molecular flexibility index (Phi) is 5.34. The number of hydrogen-bond donors (Lipinski definition) is 1. The van der Waals surface area contributed by atoms with Crippen LogP contribution in [0.1, 0.15) is 35.8 Å². The molecule has 0 spiro atoms. The minimum Gasteiger partial charge on any atom is -0.330 e. The molecule has 0 unspecified atom stereocenters. The number of carbonyl (C=O) groups is 2. The number of nitrogens with zero attached hydrogens (tertiary/aromatic N) is 2. The summed E-state index contributed by atoms with van der Waals surface area (Å²) in [5.74, 6) is -0.465. The van der Waals surface area contributed by atoms with Gasteiger partial charge in [-0.1, -0.05) is 6.08 Å². The van der Waals surface area contributed by atoms with Gasteiger partial charge in [0.2, 0.25) is 11.8 Å². The number of rotatable bonds is 5. The predicted octanol–water partition coefficient (Wildman–Crippen LogP) is 2.47. The summed E-state index contributed by atoms with van der Waals surface area (Å²) in [7, 11) is 0. The van der Waals surface area contributed by atoms with Crippen molar-refractivity contribution in [3.8, 4) is 6.07 Å². The van der Waals surface area contributed by atoms with E-state index in [1.165, 1.54) is 28.0 Å². The summed E-state index contributed by atoms with van der Waals surface area (Å²) in [6.45, 7) is 5.29. The number of carbonyl (C=O) groups excluding carboxylic acids is 2. The maximum Gasteiger partial charge on any atom is 0.244 e. The highest BCUT2D eigenvalue weighted by atomic mass is 32.1. The molecule has 1 aromatic heterocycles. The zero-order valence-corrected chi connectivity index (χ0v) is 13.5. The van der Waals surface area contributed by atoms with Gasteiger partial charge >= 0.3 is 0 Å². The number of thiophene rings is 1. The average Bonchev–Trinajstić information content (AvgIpc) is 2.83. The van der Waals surface area contributed by atoms with Crippen LogP contribution in [0.15, 0.2) is 12.7 Å². The lowest BCUT2D eigenvalue weighted by Crippen LogP contribution is -2.36. The molecule has 1 aromatic rings. The van der Waals surface area contributed by atoms with Gasteiger partial charge in [-0.25, -0.2) is 0 Å². The third-order valence-electron chi connectivity index (χ3n) is 3.67. The Morgan fingerprint density at radius 3 is 2.82 bits per heavy atom. The van der Waals surface area contributed by atoms with Crippen molar-refractivity contribution in [1.82, 2.24) is 4.90 Å². The number of hydrogen-bond acceptors (Lipinski definition) is 4. The molecule has 0 bridgehead atoms. The van der Waals surface area contributed by atoms with Crippen LogP contribution >= 0.6 is 11.3 Å². The minimum absolute atomic E-state index is 0.0329. The average molecular weight is 317 g/mol. The fourth-order valence-corrected chi connectivity index (χ4v) is 3.83. The van der Waals surface area contributed by atoms with Crippen LogP contribution in [-0.2, 0) is 22.4 Å². The van der Waals surface area contributed by atoms with E-state index in [0.717, 1.165) is 31.2 Å². The van der Waals surface area contributed by atoms with Crippen LogP contribution in [0.25, 0.3) is 0 Å². The van der Waals surface area contributed by atoms with Crippen molar-refractivity contribution >= 4 is 28.2 Å². The fraction of sp³-hybridized carbons (Fsp3) is 0.438. The molecule has 0 aliphatic heterocycles. The first-order chi connectivity index (χ1) is 10.6. The van der Waals surface area contributed by atoms with Crippen molar-refractivity contribution in [3.63, 3.8) is 0 Å². The van der Waals surface area contributed by atoms with E-state index in [0.29, 0.717) is 17.1 Å². The molecule has 0 aromatic carbocycles. The quantitative estimate of drug-likeness (QED) is 0.848. The van der Waals surface area contributed by atoms with Gasteiger partial charge in [-0.2, -0.15) is 5.26 Å². The molecular weight excluding hydrogens is 298 g/mol. The van der Waals surface area contributed by atoms with E-state index in [2.05, 4.69) is 18.0 Å². The van der Waals surface area contributed by atoms with E-state index >= 15 is 0 Å². The summed E-state index contributed by atoms with van der Waals surface area (Å²) in [5, 5.41) is 12.8. The van der Waals surface area contributed by atoms with Crippen LogP contribution in [-0.4, -0.2) is 29.8 Å². The third-order valence-corrected chi connectivity index (χ3v) is 4.87. The number of nitriles is 1. The lowest BCUT2D eigenvalue weighted by atomic mass is 9.96. The fourth-order valence-electron chi connectivity index (χ4n) is 2.57. The molecule has 6 heteroatoms. The predicted molar refractivity (Wildman–Crippen MR) is 86.8 cm³/mol. The van der Waals surface area contributed by atoms with Crippen LogP contribution in [0.3, 0.4) is 0 Å². The maximum absolute atomic E-state index is 12.1. The van der Waals surface area contributed by atoms with E-state index in [9.17, 15) is 14.9 Å². The molecule has 0 fully saturated rings. The molecule has 22 heavy (non-hydrogen) atoms. The molecular formula is C16H19N3O2S. The van der Waals surface area contributed by atoms with E-state index in [4.69, 9.17) is 0 Å². The smallest absolute Gasteiger partial charge is 0.244 e. The Morgan fingerprint density at radius 1 is 1.45 bits per heavy atom. The second-order valence-electron chi connectivity index (χ2n) is 5.26. The lowest BCUT2D eigenvalue weighted by Gasteiger charge is -2.18. The van der Waals surface area contributed by atoms with E-state index in [1.54, 1.807) is 6.08 Å². The minimum atomic E-state index is -0.285. The normalized spacial score (nSPS) is 12.9. The first-order valence-electron chi connectivity index (χ1n) is 7.27. The Labute approximate surface area is 134 Å². The Balaban J connectivity index is 2.12. The number of aryl methyl sites for hydroxylation is 1. The molecule has 5 nitrogen and oxygen atoms in total. The highest BCUT2D eigenvalue weighted by Gasteiger charge is 2.22. The van der Waals surface area contributed by atoms with Crippen molar-refractivity contribution in [3.05, 3.63) is 28.7 Å². The molecule has 116 valence electrons. The molecule has 0 atom stereocenters. The Bertz CT molecular complexity index is 643. The summed E-state index contributed by atoms with van der Waals surface area (Å²) in [4.78, 5) is 26.2. The van der Waals surface area contributed by atoms with Crippen LogP contribution in [0.4, 0.5) is 5.00 Å². The van der Waals surface area contributed by atoms with Crippen molar-refractivity contribution in [2.75, 3.05) is 18.4 Å². The molecule has 2 rings (SSSR count). The number of fused-ring (bicyclic) bond motifs is 1. The highest BCUT2D eigenvalue weighted by molar-refractivity contribution is 7.16.